The zero-order valence-corrected chi connectivity index (χ0v) is 10.0. The zero-order chi connectivity index (χ0) is 11.6. The van der Waals surface area contributed by atoms with Crippen molar-refractivity contribution in [2.24, 2.45) is 0 Å². The van der Waals surface area contributed by atoms with Crippen molar-refractivity contribution in [1.82, 2.24) is 10.6 Å². The normalized spacial score (nSPS) is 18.6. The molecule has 0 spiro atoms. The highest BCUT2D eigenvalue weighted by molar-refractivity contribution is 5.74. The van der Waals surface area contributed by atoms with Crippen molar-refractivity contribution in [2.45, 2.75) is 57.4 Å². The molecule has 0 saturated heterocycles. The highest BCUT2D eigenvalue weighted by Crippen LogP contribution is 2.16. The third-order valence-corrected chi connectivity index (χ3v) is 3.06. The summed E-state index contributed by atoms with van der Waals surface area (Å²) < 4.78 is 0. The molecule has 0 aromatic heterocycles. The van der Waals surface area contributed by atoms with Crippen molar-refractivity contribution in [3.8, 4) is 0 Å². The fourth-order valence-corrected chi connectivity index (χ4v) is 2.12. The summed E-state index contributed by atoms with van der Waals surface area (Å²) in [6.45, 7) is 0.679. The predicted octanol–water partition coefficient (Wildman–Crippen LogP) is 1.78. The molecular weight excluding hydrogens is 204 g/mol. The standard InChI is InChI=1S/C12H24N2O2/c15-10-6-9-13-12(16)14-11-7-4-2-1-3-5-8-11/h11,15H,1-10H2,(H2,13,14,16). The number of hydrogen-bond acceptors (Lipinski definition) is 2. The molecule has 1 rings (SSSR count). The predicted molar refractivity (Wildman–Crippen MR) is 64.3 cm³/mol. The second kappa shape index (κ2) is 8.39. The second-order valence-electron chi connectivity index (χ2n) is 4.52. The summed E-state index contributed by atoms with van der Waals surface area (Å²) in [7, 11) is 0. The molecule has 0 radical (unpaired) electrons. The van der Waals surface area contributed by atoms with Gasteiger partial charge in [-0.25, -0.2) is 4.79 Å². The highest BCUT2D eigenvalue weighted by atomic mass is 16.3. The molecule has 0 aromatic carbocycles. The number of nitrogens with one attached hydrogen (secondary N) is 2. The van der Waals surface area contributed by atoms with Crippen LogP contribution in [0.3, 0.4) is 0 Å². The fraction of sp³-hybridized carbons (Fsp3) is 0.917. The van der Waals surface area contributed by atoms with Gasteiger partial charge in [-0.15, -0.1) is 0 Å². The summed E-state index contributed by atoms with van der Waals surface area (Å²) in [6, 6.07) is 0.258. The Bertz CT molecular complexity index is 189. The number of aliphatic hydroxyl groups is 1. The molecule has 1 aliphatic carbocycles. The lowest BCUT2D eigenvalue weighted by Gasteiger charge is -2.21. The van der Waals surface area contributed by atoms with Gasteiger partial charge in [0.1, 0.15) is 0 Å². The average Bonchev–Trinajstić information content (AvgIpc) is 2.22. The molecule has 1 saturated carbocycles. The monoisotopic (exact) mass is 228 g/mol. The topological polar surface area (TPSA) is 61.4 Å². The van der Waals surface area contributed by atoms with Crippen molar-refractivity contribution in [3.05, 3.63) is 0 Å². The van der Waals surface area contributed by atoms with E-state index in [2.05, 4.69) is 10.6 Å². The average molecular weight is 228 g/mol. The zero-order valence-electron chi connectivity index (χ0n) is 10.0. The first-order valence-electron chi connectivity index (χ1n) is 6.48. The molecular formula is C12H24N2O2. The van der Waals surface area contributed by atoms with Crippen molar-refractivity contribution in [3.63, 3.8) is 0 Å². The molecule has 0 aliphatic heterocycles. The Morgan fingerprint density at radius 1 is 1.12 bits per heavy atom. The van der Waals surface area contributed by atoms with E-state index in [-0.39, 0.29) is 12.6 Å². The molecule has 0 atom stereocenters. The van der Waals surface area contributed by atoms with E-state index >= 15 is 0 Å². The molecule has 2 amide bonds. The number of hydrogen-bond donors (Lipinski definition) is 3. The van der Waals surface area contributed by atoms with Crippen molar-refractivity contribution in [1.29, 1.82) is 0 Å². The first-order valence-corrected chi connectivity index (χ1v) is 6.48. The SMILES string of the molecule is O=C(NCCCO)NC1CCCCCCC1. The molecule has 4 heteroatoms. The van der Waals surface area contributed by atoms with E-state index in [4.69, 9.17) is 5.11 Å². The van der Waals surface area contributed by atoms with Gasteiger partial charge in [0.05, 0.1) is 0 Å². The molecule has 0 bridgehead atoms. The molecule has 94 valence electrons. The maximum atomic E-state index is 11.5. The van der Waals surface area contributed by atoms with Crippen LogP contribution < -0.4 is 10.6 Å². The van der Waals surface area contributed by atoms with Crippen LogP contribution >= 0.6 is 0 Å². The number of amides is 2. The lowest BCUT2D eigenvalue weighted by atomic mass is 9.97. The van der Waals surface area contributed by atoms with Gasteiger partial charge in [0.2, 0.25) is 0 Å². The van der Waals surface area contributed by atoms with E-state index in [1.54, 1.807) is 0 Å². The first-order chi connectivity index (χ1) is 7.83. The van der Waals surface area contributed by atoms with Gasteiger partial charge in [0.15, 0.2) is 0 Å². The van der Waals surface area contributed by atoms with E-state index in [9.17, 15) is 4.79 Å². The molecule has 1 fully saturated rings. The maximum absolute atomic E-state index is 11.5. The molecule has 0 heterocycles. The Hall–Kier alpha value is -0.770. The Labute approximate surface area is 97.8 Å². The lowest BCUT2D eigenvalue weighted by molar-refractivity contribution is 0.231. The Morgan fingerprint density at radius 3 is 2.38 bits per heavy atom. The minimum Gasteiger partial charge on any atom is -0.396 e. The summed E-state index contributed by atoms with van der Waals surface area (Å²) in [6.07, 6.45) is 9.21. The first kappa shape index (κ1) is 13.3. The minimum absolute atomic E-state index is 0.0842. The van der Waals surface area contributed by atoms with Crippen LogP contribution in [0.15, 0.2) is 0 Å². The van der Waals surface area contributed by atoms with Crippen LogP contribution in [0, 0.1) is 0 Å². The highest BCUT2D eigenvalue weighted by Gasteiger charge is 2.13. The van der Waals surface area contributed by atoms with Gasteiger partial charge in [0.25, 0.3) is 0 Å². The third kappa shape index (κ3) is 5.95. The van der Waals surface area contributed by atoms with Crippen LogP contribution in [0.4, 0.5) is 4.79 Å². The second-order valence-corrected chi connectivity index (χ2v) is 4.52. The summed E-state index contributed by atoms with van der Waals surface area (Å²) in [5.41, 5.74) is 0. The van der Waals surface area contributed by atoms with Gasteiger partial charge in [0, 0.05) is 19.2 Å². The lowest BCUT2D eigenvalue weighted by Crippen LogP contribution is -2.42. The van der Waals surface area contributed by atoms with Crippen LogP contribution in [-0.4, -0.2) is 30.3 Å². The third-order valence-electron chi connectivity index (χ3n) is 3.06. The van der Waals surface area contributed by atoms with E-state index in [1.165, 1.54) is 32.1 Å². The summed E-state index contributed by atoms with van der Waals surface area (Å²) >= 11 is 0. The number of urea groups is 1. The smallest absolute Gasteiger partial charge is 0.315 e. The van der Waals surface area contributed by atoms with Crippen molar-refractivity contribution < 1.29 is 9.90 Å². The Kier molecular flexibility index (Phi) is 6.97. The largest absolute Gasteiger partial charge is 0.396 e. The Balaban J connectivity index is 2.14. The van der Waals surface area contributed by atoms with E-state index in [1.807, 2.05) is 0 Å². The molecule has 0 aromatic rings. The summed E-state index contributed by atoms with van der Waals surface area (Å²) in [4.78, 5) is 11.5. The van der Waals surface area contributed by atoms with Crippen LogP contribution in [0.5, 0.6) is 0 Å². The number of carbonyl (C=O) groups is 1. The van der Waals surface area contributed by atoms with E-state index < -0.39 is 0 Å². The van der Waals surface area contributed by atoms with Gasteiger partial charge in [-0.2, -0.15) is 0 Å². The minimum atomic E-state index is -0.0842. The Morgan fingerprint density at radius 2 is 1.75 bits per heavy atom. The van der Waals surface area contributed by atoms with Crippen LogP contribution in [0.2, 0.25) is 0 Å². The molecule has 16 heavy (non-hydrogen) atoms. The summed E-state index contributed by atoms with van der Waals surface area (Å²) in [5, 5.41) is 14.4. The number of carbonyl (C=O) groups excluding carboxylic acids is 1. The van der Waals surface area contributed by atoms with Gasteiger partial charge >= 0.3 is 6.03 Å². The molecule has 1 aliphatic rings. The molecule has 4 nitrogen and oxygen atoms in total. The van der Waals surface area contributed by atoms with E-state index in [0.717, 1.165) is 12.8 Å². The van der Waals surface area contributed by atoms with Crippen molar-refractivity contribution >= 4 is 6.03 Å². The maximum Gasteiger partial charge on any atom is 0.315 e. The summed E-state index contributed by atoms with van der Waals surface area (Å²) in [5.74, 6) is 0. The van der Waals surface area contributed by atoms with Crippen LogP contribution in [-0.2, 0) is 0 Å². The van der Waals surface area contributed by atoms with Gasteiger partial charge in [-0.05, 0) is 19.3 Å². The molecule has 0 unspecified atom stereocenters. The fourth-order valence-electron chi connectivity index (χ4n) is 2.12. The number of rotatable bonds is 4. The van der Waals surface area contributed by atoms with Gasteiger partial charge in [-0.3, -0.25) is 0 Å². The van der Waals surface area contributed by atoms with Crippen LogP contribution in [0.1, 0.15) is 51.4 Å². The molecule has 3 N–H and O–H groups in total. The van der Waals surface area contributed by atoms with Crippen molar-refractivity contribution in [2.75, 3.05) is 13.2 Å². The van der Waals surface area contributed by atoms with E-state index in [0.29, 0.717) is 19.0 Å². The quantitative estimate of drug-likeness (QED) is 0.642. The van der Waals surface area contributed by atoms with Crippen LogP contribution in [0.25, 0.3) is 0 Å². The van der Waals surface area contributed by atoms with Gasteiger partial charge < -0.3 is 15.7 Å². The number of aliphatic hydroxyl groups excluding tert-OH is 1. The van der Waals surface area contributed by atoms with Gasteiger partial charge in [-0.1, -0.05) is 32.1 Å².